The summed E-state index contributed by atoms with van der Waals surface area (Å²) < 4.78 is 0. The third-order valence-electron chi connectivity index (χ3n) is 1.35. The van der Waals surface area contributed by atoms with Crippen LogP contribution in [0.2, 0.25) is 0 Å². The second-order valence-corrected chi connectivity index (χ2v) is 2.47. The van der Waals surface area contributed by atoms with Crippen molar-refractivity contribution in [1.29, 1.82) is 0 Å². The summed E-state index contributed by atoms with van der Waals surface area (Å²) in [6.07, 6.45) is 3.15. The van der Waals surface area contributed by atoms with E-state index in [1.165, 1.54) is 5.56 Å². The average Bonchev–Trinajstić information content (AvgIpc) is 2.22. The van der Waals surface area contributed by atoms with Gasteiger partial charge in [0, 0.05) is 0 Å². The van der Waals surface area contributed by atoms with Crippen molar-refractivity contribution in [1.82, 2.24) is 15.4 Å². The van der Waals surface area contributed by atoms with Crippen LogP contribution < -0.4 is 0 Å². The maximum absolute atomic E-state index is 3.42. The van der Waals surface area contributed by atoms with Gasteiger partial charge in [-0.3, -0.25) is 0 Å². The topological polar surface area (TPSA) is 38.7 Å². The van der Waals surface area contributed by atoms with Crippen LogP contribution in [0.25, 0.3) is 0 Å². The van der Waals surface area contributed by atoms with E-state index in [-0.39, 0.29) is 0 Å². The molecular formula is C10H11N3. The molecule has 1 aromatic heterocycles. The van der Waals surface area contributed by atoms with Crippen LogP contribution in [0.5, 0.6) is 0 Å². The van der Waals surface area contributed by atoms with E-state index in [0.717, 1.165) is 0 Å². The Morgan fingerprint density at radius 2 is 1.46 bits per heavy atom. The molecule has 0 aliphatic heterocycles. The molecule has 66 valence electrons. The number of nitrogens with zero attached hydrogens (tertiary/aromatic N) is 3. The van der Waals surface area contributed by atoms with Crippen LogP contribution >= 0.6 is 0 Å². The van der Waals surface area contributed by atoms with E-state index in [4.69, 9.17) is 0 Å². The predicted octanol–water partition coefficient (Wildman–Crippen LogP) is 1.87. The Hall–Kier alpha value is -1.77. The summed E-state index contributed by atoms with van der Waals surface area (Å²) in [5.41, 5.74) is 1.32. The first-order valence-electron chi connectivity index (χ1n) is 3.99. The lowest BCUT2D eigenvalue weighted by atomic mass is 10.2. The Bertz CT molecular complexity index is 281. The number of benzene rings is 1. The van der Waals surface area contributed by atoms with Gasteiger partial charge in [0.1, 0.15) is 0 Å². The summed E-state index contributed by atoms with van der Waals surface area (Å²) in [7, 11) is 0. The zero-order valence-corrected chi connectivity index (χ0v) is 7.46. The molecule has 2 aromatic rings. The second-order valence-electron chi connectivity index (χ2n) is 2.47. The second kappa shape index (κ2) is 5.83. The average molecular weight is 173 g/mol. The van der Waals surface area contributed by atoms with E-state index in [0.29, 0.717) is 0 Å². The zero-order chi connectivity index (χ0) is 9.36. The Labute approximate surface area is 77.5 Å². The van der Waals surface area contributed by atoms with E-state index in [1.54, 1.807) is 18.5 Å². The van der Waals surface area contributed by atoms with Crippen LogP contribution in [0.4, 0.5) is 0 Å². The van der Waals surface area contributed by atoms with Crippen LogP contribution in [0.3, 0.4) is 0 Å². The first-order valence-corrected chi connectivity index (χ1v) is 3.99. The third-order valence-corrected chi connectivity index (χ3v) is 1.35. The van der Waals surface area contributed by atoms with Crippen molar-refractivity contribution in [2.75, 3.05) is 0 Å². The van der Waals surface area contributed by atoms with Crippen molar-refractivity contribution in [3.05, 3.63) is 54.4 Å². The van der Waals surface area contributed by atoms with E-state index >= 15 is 0 Å². The minimum atomic E-state index is 1.32. The van der Waals surface area contributed by atoms with Gasteiger partial charge < -0.3 is 0 Å². The summed E-state index contributed by atoms with van der Waals surface area (Å²) in [5, 5.41) is 10.1. The van der Waals surface area contributed by atoms with Crippen LogP contribution in [0.15, 0.2) is 48.8 Å². The first kappa shape index (κ1) is 9.32. The molecule has 0 unspecified atom stereocenters. The molecule has 1 aromatic carbocycles. The molecule has 0 aliphatic carbocycles. The highest BCUT2D eigenvalue weighted by Crippen LogP contribution is 1.92. The van der Waals surface area contributed by atoms with Gasteiger partial charge in [-0.25, -0.2) is 0 Å². The summed E-state index contributed by atoms with van der Waals surface area (Å²) in [6.45, 7) is 2.08. The Morgan fingerprint density at radius 3 is 1.69 bits per heavy atom. The minimum Gasteiger partial charge on any atom is -0.139 e. The molecule has 3 nitrogen and oxygen atoms in total. The van der Waals surface area contributed by atoms with Crippen LogP contribution in [-0.4, -0.2) is 15.4 Å². The lowest BCUT2D eigenvalue weighted by Gasteiger charge is -1.82. The molecule has 13 heavy (non-hydrogen) atoms. The van der Waals surface area contributed by atoms with Gasteiger partial charge in [0.2, 0.25) is 0 Å². The minimum absolute atomic E-state index is 1.32. The number of rotatable bonds is 0. The largest absolute Gasteiger partial charge is 0.139 e. The molecule has 2 rings (SSSR count). The zero-order valence-electron chi connectivity index (χ0n) is 7.46. The number of hydrogen-bond acceptors (Lipinski definition) is 3. The van der Waals surface area contributed by atoms with Gasteiger partial charge in [-0.15, -0.1) is 10.2 Å². The fraction of sp³-hybridized carbons (Fsp3) is 0.100. The predicted molar refractivity (Wildman–Crippen MR) is 51.0 cm³/mol. The van der Waals surface area contributed by atoms with Gasteiger partial charge in [-0.1, -0.05) is 35.9 Å². The van der Waals surface area contributed by atoms with Gasteiger partial charge in [-0.2, -0.15) is 0 Å². The normalized spacial score (nSPS) is 8.38. The van der Waals surface area contributed by atoms with Gasteiger partial charge in [0.25, 0.3) is 0 Å². The molecule has 1 heterocycles. The fourth-order valence-corrected chi connectivity index (χ4v) is 0.739. The molecule has 0 saturated carbocycles. The number of aromatic nitrogens is 3. The first-order chi connectivity index (χ1) is 6.39. The maximum Gasteiger partial charge on any atom is 0.0529 e. The van der Waals surface area contributed by atoms with Gasteiger partial charge in [-0.05, 0) is 18.2 Å². The molecule has 0 saturated heterocycles. The lowest BCUT2D eigenvalue weighted by molar-refractivity contribution is 0.865. The highest BCUT2D eigenvalue weighted by Gasteiger charge is 1.72. The Balaban J connectivity index is 0.000000132. The molecule has 0 fully saturated rings. The van der Waals surface area contributed by atoms with Crippen molar-refractivity contribution in [3.63, 3.8) is 0 Å². The van der Waals surface area contributed by atoms with E-state index in [1.807, 2.05) is 18.2 Å². The van der Waals surface area contributed by atoms with Crippen molar-refractivity contribution >= 4 is 0 Å². The van der Waals surface area contributed by atoms with E-state index < -0.39 is 0 Å². The molecule has 0 atom stereocenters. The standard InChI is InChI=1S/C7H8.C3H3N3/c1-7-5-3-2-4-6-7;1-2-4-6-5-3-1/h2-6H,1H3;1-3H. The molecule has 0 amide bonds. The van der Waals surface area contributed by atoms with E-state index in [9.17, 15) is 0 Å². The summed E-state index contributed by atoms with van der Waals surface area (Å²) in [5.74, 6) is 0. The molecular weight excluding hydrogens is 162 g/mol. The molecule has 0 aliphatic rings. The highest BCUT2D eigenvalue weighted by molar-refractivity contribution is 5.11. The lowest BCUT2D eigenvalue weighted by Crippen LogP contribution is -1.78. The number of aryl methyl sites for hydroxylation is 1. The van der Waals surface area contributed by atoms with Crippen molar-refractivity contribution in [3.8, 4) is 0 Å². The smallest absolute Gasteiger partial charge is 0.0529 e. The van der Waals surface area contributed by atoms with Crippen molar-refractivity contribution in [2.24, 2.45) is 0 Å². The molecule has 0 bridgehead atoms. The van der Waals surface area contributed by atoms with Crippen LogP contribution in [0, 0.1) is 6.92 Å². The van der Waals surface area contributed by atoms with Gasteiger partial charge >= 0.3 is 0 Å². The fourth-order valence-electron chi connectivity index (χ4n) is 0.739. The van der Waals surface area contributed by atoms with Crippen molar-refractivity contribution in [2.45, 2.75) is 6.92 Å². The SMILES string of the molecule is Cc1ccccc1.c1cnnnc1. The quantitative estimate of drug-likeness (QED) is 0.610. The Kier molecular flexibility index (Phi) is 4.18. The van der Waals surface area contributed by atoms with Crippen LogP contribution in [0.1, 0.15) is 5.56 Å². The van der Waals surface area contributed by atoms with Gasteiger partial charge in [0.15, 0.2) is 0 Å². The van der Waals surface area contributed by atoms with Crippen molar-refractivity contribution < 1.29 is 0 Å². The number of hydrogen-bond donors (Lipinski definition) is 0. The molecule has 0 radical (unpaired) electrons. The van der Waals surface area contributed by atoms with E-state index in [2.05, 4.69) is 34.5 Å². The monoisotopic (exact) mass is 173 g/mol. The molecule has 0 N–H and O–H groups in total. The maximum atomic E-state index is 3.42. The highest BCUT2D eigenvalue weighted by atomic mass is 15.3. The summed E-state index contributed by atoms with van der Waals surface area (Å²) >= 11 is 0. The third kappa shape index (κ3) is 4.63. The molecule has 3 heteroatoms. The van der Waals surface area contributed by atoms with Gasteiger partial charge in [0.05, 0.1) is 12.4 Å². The summed E-state index contributed by atoms with van der Waals surface area (Å²) in [4.78, 5) is 0. The Morgan fingerprint density at radius 1 is 0.846 bits per heavy atom. The molecule has 0 spiro atoms. The van der Waals surface area contributed by atoms with Crippen LogP contribution in [-0.2, 0) is 0 Å². The summed E-state index contributed by atoms with van der Waals surface area (Å²) in [6, 6.07) is 12.0.